The van der Waals surface area contributed by atoms with Crippen LogP contribution in [0, 0.1) is 0 Å². The lowest BCUT2D eigenvalue weighted by atomic mass is 10.0. The van der Waals surface area contributed by atoms with Gasteiger partial charge < -0.3 is 20.3 Å². The van der Waals surface area contributed by atoms with Crippen LogP contribution in [-0.2, 0) is 14.3 Å². The second kappa shape index (κ2) is 64.6. The average molecular weight is 1050 g/mol. The van der Waals surface area contributed by atoms with Crippen molar-refractivity contribution in [3.8, 4) is 0 Å². The van der Waals surface area contributed by atoms with Crippen molar-refractivity contribution in [2.24, 2.45) is 0 Å². The molecule has 1 amide bonds. The number of unbranched alkanes of at least 4 members (excludes halogenated alkanes) is 48. The third-order valence-corrected chi connectivity index (χ3v) is 15.6. The van der Waals surface area contributed by atoms with E-state index in [0.717, 1.165) is 51.4 Å². The maximum Gasteiger partial charge on any atom is 0.305 e. The first kappa shape index (κ1) is 73.1. The Morgan fingerprint density at radius 3 is 1.07 bits per heavy atom. The summed E-state index contributed by atoms with van der Waals surface area (Å²) in [4.78, 5) is 24.6. The molecular weight excluding hydrogens is 923 g/mol. The fourth-order valence-electron chi connectivity index (χ4n) is 10.5. The van der Waals surface area contributed by atoms with Crippen LogP contribution in [0.2, 0.25) is 0 Å². The molecule has 0 aliphatic carbocycles. The van der Waals surface area contributed by atoms with Crippen molar-refractivity contribution < 1.29 is 24.5 Å². The third kappa shape index (κ3) is 61.2. The van der Waals surface area contributed by atoms with Crippen molar-refractivity contribution in [3.63, 3.8) is 0 Å². The quantitative estimate of drug-likeness (QED) is 0.0320. The van der Waals surface area contributed by atoms with Crippen molar-refractivity contribution in [1.82, 2.24) is 5.32 Å². The number of aliphatic hydroxyl groups excluding tert-OH is 2. The minimum atomic E-state index is -0.847. The molecule has 0 fully saturated rings. The Morgan fingerprint density at radius 1 is 0.373 bits per heavy atom. The maximum absolute atomic E-state index is 12.5. The summed E-state index contributed by atoms with van der Waals surface area (Å²) in [7, 11) is 0. The minimum absolute atomic E-state index is 0.00354. The summed E-state index contributed by atoms with van der Waals surface area (Å²) >= 11 is 0. The van der Waals surface area contributed by atoms with Gasteiger partial charge in [-0.2, -0.15) is 0 Å². The molecule has 75 heavy (non-hydrogen) atoms. The van der Waals surface area contributed by atoms with E-state index in [2.05, 4.69) is 43.5 Å². The second-order valence-electron chi connectivity index (χ2n) is 23.2. The van der Waals surface area contributed by atoms with Gasteiger partial charge in [-0.1, -0.05) is 333 Å². The van der Waals surface area contributed by atoms with Gasteiger partial charge in [-0.05, 0) is 57.8 Å². The van der Waals surface area contributed by atoms with Gasteiger partial charge in [0.05, 0.1) is 25.4 Å². The molecule has 0 aliphatic rings. The maximum atomic E-state index is 12.5. The zero-order valence-electron chi connectivity index (χ0n) is 50.5. The van der Waals surface area contributed by atoms with Gasteiger partial charge in [0, 0.05) is 12.8 Å². The summed E-state index contributed by atoms with van der Waals surface area (Å²) in [5.41, 5.74) is 0. The second-order valence-corrected chi connectivity index (χ2v) is 23.2. The van der Waals surface area contributed by atoms with Crippen molar-refractivity contribution in [3.05, 3.63) is 36.5 Å². The molecule has 0 bridgehead atoms. The molecule has 2 atom stereocenters. The van der Waals surface area contributed by atoms with Crippen LogP contribution >= 0.6 is 0 Å². The number of aliphatic hydroxyl groups is 2. The lowest BCUT2D eigenvalue weighted by Crippen LogP contribution is -2.45. The first-order valence-electron chi connectivity index (χ1n) is 33.8. The number of carbonyl (C=O) groups excluding carboxylic acids is 2. The van der Waals surface area contributed by atoms with Crippen LogP contribution < -0.4 is 5.32 Å². The summed E-state index contributed by atoms with van der Waals surface area (Å²) in [5, 5.41) is 23.3. The number of amides is 1. The summed E-state index contributed by atoms with van der Waals surface area (Å²) in [5.74, 6) is -0.0691. The molecule has 0 spiro atoms. The van der Waals surface area contributed by atoms with Crippen molar-refractivity contribution in [2.45, 2.75) is 379 Å². The highest BCUT2D eigenvalue weighted by molar-refractivity contribution is 5.76. The number of allylic oxidation sites excluding steroid dienone is 5. The summed E-state index contributed by atoms with van der Waals surface area (Å²) in [6.07, 6.45) is 82.0. The van der Waals surface area contributed by atoms with Gasteiger partial charge in [-0.3, -0.25) is 9.59 Å². The van der Waals surface area contributed by atoms with E-state index in [1.54, 1.807) is 6.08 Å². The Kier molecular flexibility index (Phi) is 63.0. The van der Waals surface area contributed by atoms with E-state index in [1.807, 2.05) is 6.08 Å². The average Bonchev–Trinajstić information content (AvgIpc) is 3.41. The molecule has 0 rings (SSSR count). The molecule has 6 nitrogen and oxygen atoms in total. The molecule has 0 aromatic rings. The Labute approximate surface area is 468 Å². The smallest absolute Gasteiger partial charge is 0.305 e. The summed E-state index contributed by atoms with van der Waals surface area (Å²) in [6.45, 7) is 4.86. The molecule has 0 aliphatic heterocycles. The van der Waals surface area contributed by atoms with E-state index in [0.29, 0.717) is 19.4 Å². The molecule has 0 aromatic carbocycles. The van der Waals surface area contributed by atoms with Gasteiger partial charge in [0.2, 0.25) is 5.91 Å². The number of hydrogen-bond acceptors (Lipinski definition) is 5. The van der Waals surface area contributed by atoms with Gasteiger partial charge >= 0.3 is 5.97 Å². The Morgan fingerprint density at radius 2 is 0.693 bits per heavy atom. The zero-order chi connectivity index (χ0) is 54.3. The molecule has 0 saturated heterocycles. The van der Waals surface area contributed by atoms with E-state index in [9.17, 15) is 19.8 Å². The van der Waals surface area contributed by atoms with Crippen LogP contribution in [0.3, 0.4) is 0 Å². The molecule has 0 heterocycles. The van der Waals surface area contributed by atoms with Gasteiger partial charge in [-0.15, -0.1) is 0 Å². The first-order chi connectivity index (χ1) is 37.0. The van der Waals surface area contributed by atoms with Crippen LogP contribution in [0.1, 0.15) is 367 Å². The first-order valence-corrected chi connectivity index (χ1v) is 33.8. The van der Waals surface area contributed by atoms with Crippen LogP contribution in [0.25, 0.3) is 0 Å². The van der Waals surface area contributed by atoms with Crippen molar-refractivity contribution in [2.75, 3.05) is 13.2 Å². The highest BCUT2D eigenvalue weighted by Gasteiger charge is 2.18. The predicted octanol–water partition coefficient (Wildman–Crippen LogP) is 21.5. The number of rotatable bonds is 63. The third-order valence-electron chi connectivity index (χ3n) is 15.6. The topological polar surface area (TPSA) is 95.9 Å². The highest BCUT2D eigenvalue weighted by Crippen LogP contribution is 2.18. The van der Waals surface area contributed by atoms with E-state index in [4.69, 9.17) is 4.74 Å². The molecule has 3 N–H and O–H groups in total. The standard InChI is InChI=1S/C69H131NO5/c1-3-5-7-9-11-13-15-17-18-19-20-21-22-23-25-28-31-34-38-41-45-49-53-57-61-67(72)66(65-71)70-68(73)62-58-54-50-46-42-39-35-32-29-26-24-27-30-33-36-40-44-48-52-56-60-64-75-69(74)63-59-55-51-47-43-37-16-14-12-10-8-6-4-2/h8,10,14,16,57,61,66-67,71-72H,3-7,9,11-13,15,17-56,58-60,62-65H2,1-2H3,(H,70,73)/b10-8-,16-14-,61-57+. The molecule has 6 heteroatoms. The lowest BCUT2D eigenvalue weighted by Gasteiger charge is -2.20. The zero-order valence-corrected chi connectivity index (χ0v) is 50.5. The Bertz CT molecular complexity index is 1210. The lowest BCUT2D eigenvalue weighted by molar-refractivity contribution is -0.143. The van der Waals surface area contributed by atoms with Gasteiger partial charge in [0.25, 0.3) is 0 Å². The molecule has 2 unspecified atom stereocenters. The summed E-state index contributed by atoms with van der Waals surface area (Å²) in [6, 6.07) is -0.630. The SMILES string of the molecule is CCC/C=C\C/C=C\CCCCCCCC(=O)OCCCCCCCCCCCCCCCCCCCCCCCC(=O)NC(CO)C(O)/C=C/CCCCCCCCCCCCCCCCCCCCCCCC. The molecule has 442 valence electrons. The van der Waals surface area contributed by atoms with E-state index >= 15 is 0 Å². The van der Waals surface area contributed by atoms with Crippen LogP contribution in [-0.4, -0.2) is 47.4 Å². The number of hydrogen-bond donors (Lipinski definition) is 3. The molecule has 0 saturated carbocycles. The number of ether oxygens (including phenoxy) is 1. The largest absolute Gasteiger partial charge is 0.466 e. The Hall–Kier alpha value is -1.92. The van der Waals surface area contributed by atoms with Gasteiger partial charge in [0.15, 0.2) is 0 Å². The van der Waals surface area contributed by atoms with Gasteiger partial charge in [0.1, 0.15) is 0 Å². The number of carbonyl (C=O) groups is 2. The molecular formula is C69H131NO5. The van der Waals surface area contributed by atoms with Crippen molar-refractivity contribution in [1.29, 1.82) is 0 Å². The number of esters is 1. The Balaban J connectivity index is 3.43. The summed E-state index contributed by atoms with van der Waals surface area (Å²) < 4.78 is 5.47. The number of nitrogens with one attached hydrogen (secondary N) is 1. The highest BCUT2D eigenvalue weighted by atomic mass is 16.5. The molecule has 0 aromatic heterocycles. The fourth-order valence-corrected chi connectivity index (χ4v) is 10.5. The van der Waals surface area contributed by atoms with Crippen molar-refractivity contribution >= 4 is 11.9 Å². The molecule has 0 radical (unpaired) electrons. The van der Waals surface area contributed by atoms with E-state index < -0.39 is 12.1 Å². The monoisotopic (exact) mass is 1050 g/mol. The normalized spacial score (nSPS) is 12.7. The van der Waals surface area contributed by atoms with Crippen LogP contribution in [0.4, 0.5) is 0 Å². The van der Waals surface area contributed by atoms with E-state index in [-0.39, 0.29) is 18.5 Å². The fraction of sp³-hybridized carbons (Fsp3) is 0.884. The minimum Gasteiger partial charge on any atom is -0.466 e. The van der Waals surface area contributed by atoms with Crippen LogP contribution in [0.15, 0.2) is 36.5 Å². The predicted molar refractivity (Wildman–Crippen MR) is 329 cm³/mol. The van der Waals surface area contributed by atoms with E-state index in [1.165, 1.54) is 289 Å². The van der Waals surface area contributed by atoms with Gasteiger partial charge in [-0.25, -0.2) is 0 Å². The van der Waals surface area contributed by atoms with Crippen LogP contribution in [0.5, 0.6) is 0 Å².